The lowest BCUT2D eigenvalue weighted by Gasteiger charge is -2.16. The Morgan fingerprint density at radius 3 is 2.67 bits per heavy atom. The number of fused-ring (bicyclic) bond motifs is 1. The van der Waals surface area contributed by atoms with Crippen molar-refractivity contribution >= 4 is 60.0 Å². The third kappa shape index (κ3) is 2.43. The lowest BCUT2D eigenvalue weighted by atomic mass is 10.1. The number of rotatable bonds is 2. The van der Waals surface area contributed by atoms with Crippen LogP contribution in [0.5, 0.6) is 0 Å². The molecule has 1 aliphatic rings. The summed E-state index contributed by atoms with van der Waals surface area (Å²) in [6.07, 6.45) is 0. The van der Waals surface area contributed by atoms with E-state index in [2.05, 4.69) is 21.2 Å². The van der Waals surface area contributed by atoms with E-state index in [0.29, 0.717) is 0 Å². The first-order valence-corrected chi connectivity index (χ1v) is 8.58. The summed E-state index contributed by atoms with van der Waals surface area (Å²) in [5.74, 6) is -0.424. The summed E-state index contributed by atoms with van der Waals surface area (Å²) in [6.45, 7) is -0.280. The molecular weight excluding hydrogens is 376 g/mol. The van der Waals surface area contributed by atoms with E-state index in [9.17, 15) is 13.2 Å². The van der Waals surface area contributed by atoms with Gasteiger partial charge in [0.15, 0.2) is 5.11 Å². The number of benzene rings is 2. The number of thiocarbonyl (C=S) groups is 1. The Hall–Kier alpha value is -1.51. The molecule has 1 saturated heterocycles. The second-order valence-electron chi connectivity index (χ2n) is 4.49. The number of halogens is 1. The molecule has 2 aromatic rings. The first kappa shape index (κ1) is 14.4. The van der Waals surface area contributed by atoms with Crippen LogP contribution in [0.3, 0.4) is 0 Å². The molecule has 0 atom stereocenters. The molecular formula is C13H9BrN2O3S2. The molecule has 0 saturated carbocycles. The minimum Gasteiger partial charge on any atom is -0.301 e. The number of sulfonamides is 1. The standard InChI is InChI=1S/C13H9BrN2O3S2/c14-11-3-1-2-8-6-9(4-5-10(8)11)21(18,19)16-7-12(17)15-13(16)20/h1-6H,7H2,(H,15,17,20). The molecule has 2 aromatic carbocycles. The van der Waals surface area contributed by atoms with Crippen LogP contribution in [0.15, 0.2) is 45.8 Å². The van der Waals surface area contributed by atoms with Crippen molar-refractivity contribution in [3.8, 4) is 0 Å². The van der Waals surface area contributed by atoms with Crippen molar-refractivity contribution in [2.75, 3.05) is 6.54 Å². The van der Waals surface area contributed by atoms with Crippen LogP contribution in [0.25, 0.3) is 10.8 Å². The first-order chi connectivity index (χ1) is 9.89. The molecule has 0 aromatic heterocycles. The zero-order chi connectivity index (χ0) is 15.2. The van der Waals surface area contributed by atoms with Gasteiger partial charge < -0.3 is 5.32 Å². The smallest absolute Gasteiger partial charge is 0.266 e. The fraction of sp³-hybridized carbons (Fsp3) is 0.0769. The average Bonchev–Trinajstić information content (AvgIpc) is 2.78. The summed E-state index contributed by atoms with van der Waals surface area (Å²) < 4.78 is 26.9. The Bertz CT molecular complexity index is 880. The lowest BCUT2D eigenvalue weighted by Crippen LogP contribution is -2.34. The Morgan fingerprint density at radius 2 is 2.00 bits per heavy atom. The van der Waals surface area contributed by atoms with Crippen LogP contribution in [-0.2, 0) is 14.8 Å². The third-order valence-corrected chi connectivity index (χ3v) is 6.02. The number of hydrogen-bond acceptors (Lipinski definition) is 4. The Balaban J connectivity index is 2.11. The van der Waals surface area contributed by atoms with Crippen LogP contribution in [0.2, 0.25) is 0 Å². The fourth-order valence-electron chi connectivity index (χ4n) is 2.13. The minimum atomic E-state index is -3.83. The van der Waals surface area contributed by atoms with Crippen LogP contribution < -0.4 is 5.32 Å². The van der Waals surface area contributed by atoms with E-state index in [1.54, 1.807) is 12.1 Å². The molecule has 0 bridgehead atoms. The van der Waals surface area contributed by atoms with Gasteiger partial charge in [0.05, 0.1) is 4.90 Å². The van der Waals surface area contributed by atoms with Crippen molar-refractivity contribution in [2.45, 2.75) is 4.90 Å². The topological polar surface area (TPSA) is 66.5 Å². The zero-order valence-electron chi connectivity index (χ0n) is 10.5. The lowest BCUT2D eigenvalue weighted by molar-refractivity contribution is -0.118. The maximum Gasteiger partial charge on any atom is 0.266 e. The van der Waals surface area contributed by atoms with Gasteiger partial charge in [-0.15, -0.1) is 0 Å². The highest BCUT2D eigenvalue weighted by atomic mass is 79.9. The highest BCUT2D eigenvalue weighted by Crippen LogP contribution is 2.27. The molecule has 3 rings (SSSR count). The molecule has 21 heavy (non-hydrogen) atoms. The highest BCUT2D eigenvalue weighted by molar-refractivity contribution is 9.10. The summed E-state index contributed by atoms with van der Waals surface area (Å²) in [7, 11) is -3.83. The predicted molar refractivity (Wildman–Crippen MR) is 86.3 cm³/mol. The number of carbonyl (C=O) groups excluding carboxylic acids is 1. The molecule has 1 amide bonds. The second kappa shape index (κ2) is 5.04. The number of nitrogens with one attached hydrogen (secondary N) is 1. The molecule has 0 aliphatic carbocycles. The maximum atomic E-state index is 12.6. The number of nitrogens with zero attached hydrogens (tertiary/aromatic N) is 1. The number of hydrogen-bond donors (Lipinski definition) is 1. The highest BCUT2D eigenvalue weighted by Gasteiger charge is 2.34. The van der Waals surface area contributed by atoms with Crippen molar-refractivity contribution in [2.24, 2.45) is 0 Å². The Labute approximate surface area is 135 Å². The van der Waals surface area contributed by atoms with E-state index in [4.69, 9.17) is 12.2 Å². The molecule has 1 aliphatic heterocycles. The molecule has 1 heterocycles. The van der Waals surface area contributed by atoms with Crippen LogP contribution >= 0.6 is 28.1 Å². The third-order valence-electron chi connectivity index (χ3n) is 3.15. The van der Waals surface area contributed by atoms with E-state index in [0.717, 1.165) is 19.6 Å². The van der Waals surface area contributed by atoms with Gasteiger partial charge >= 0.3 is 0 Å². The monoisotopic (exact) mass is 384 g/mol. The largest absolute Gasteiger partial charge is 0.301 e. The SMILES string of the molecule is O=C1CN(S(=O)(=O)c2ccc3c(Br)cccc3c2)C(=S)N1. The number of amides is 1. The van der Waals surface area contributed by atoms with Gasteiger partial charge in [-0.25, -0.2) is 12.7 Å². The Morgan fingerprint density at radius 1 is 1.24 bits per heavy atom. The van der Waals surface area contributed by atoms with Crippen molar-refractivity contribution in [1.82, 2.24) is 9.62 Å². The molecule has 1 N–H and O–H groups in total. The van der Waals surface area contributed by atoms with Gasteiger partial charge in [0.1, 0.15) is 6.54 Å². The summed E-state index contributed by atoms with van der Waals surface area (Å²) in [6, 6.07) is 10.3. The van der Waals surface area contributed by atoms with Crippen LogP contribution in [0.4, 0.5) is 0 Å². The van der Waals surface area contributed by atoms with E-state index >= 15 is 0 Å². The van der Waals surface area contributed by atoms with Gasteiger partial charge in [0, 0.05) is 4.47 Å². The molecule has 8 heteroatoms. The zero-order valence-corrected chi connectivity index (χ0v) is 13.8. The summed E-state index contributed by atoms with van der Waals surface area (Å²) in [5.41, 5.74) is 0. The first-order valence-electron chi connectivity index (χ1n) is 5.94. The van der Waals surface area contributed by atoms with Crippen molar-refractivity contribution in [3.05, 3.63) is 40.9 Å². The van der Waals surface area contributed by atoms with Gasteiger partial charge in [-0.1, -0.05) is 34.1 Å². The molecule has 5 nitrogen and oxygen atoms in total. The molecule has 1 fully saturated rings. The van der Waals surface area contributed by atoms with E-state index in [1.165, 1.54) is 6.07 Å². The minimum absolute atomic E-state index is 0.0886. The quantitative estimate of drug-likeness (QED) is 0.804. The van der Waals surface area contributed by atoms with Crippen molar-refractivity contribution in [1.29, 1.82) is 0 Å². The molecule has 0 radical (unpaired) electrons. The van der Waals surface area contributed by atoms with Crippen LogP contribution in [0, 0.1) is 0 Å². The Kier molecular flexibility index (Phi) is 3.46. The predicted octanol–water partition coefficient (Wildman–Crippen LogP) is 2.01. The maximum absolute atomic E-state index is 12.6. The fourth-order valence-corrected chi connectivity index (χ4v) is 4.44. The van der Waals surface area contributed by atoms with Crippen LogP contribution in [-0.4, -0.2) is 30.3 Å². The van der Waals surface area contributed by atoms with Gasteiger partial charge in [-0.3, -0.25) is 4.79 Å². The van der Waals surface area contributed by atoms with E-state index < -0.39 is 15.9 Å². The summed E-state index contributed by atoms with van der Waals surface area (Å²) >= 11 is 8.31. The number of carbonyl (C=O) groups is 1. The van der Waals surface area contributed by atoms with Crippen LogP contribution in [0.1, 0.15) is 0 Å². The summed E-state index contributed by atoms with van der Waals surface area (Å²) in [4.78, 5) is 11.4. The normalized spacial score (nSPS) is 15.6. The molecule has 0 unspecified atom stereocenters. The van der Waals surface area contributed by atoms with Crippen molar-refractivity contribution < 1.29 is 13.2 Å². The second-order valence-corrected chi connectivity index (χ2v) is 7.59. The van der Waals surface area contributed by atoms with Gasteiger partial charge in [-0.05, 0) is 41.2 Å². The summed E-state index contributed by atoms with van der Waals surface area (Å²) in [5, 5.41) is 3.93. The van der Waals surface area contributed by atoms with Crippen molar-refractivity contribution in [3.63, 3.8) is 0 Å². The molecule has 0 spiro atoms. The average molecular weight is 385 g/mol. The van der Waals surface area contributed by atoms with E-state index in [1.807, 2.05) is 18.2 Å². The van der Waals surface area contributed by atoms with Gasteiger partial charge in [0.2, 0.25) is 5.91 Å². The van der Waals surface area contributed by atoms with Gasteiger partial charge in [-0.2, -0.15) is 0 Å². The molecule has 108 valence electrons. The van der Waals surface area contributed by atoms with Gasteiger partial charge in [0.25, 0.3) is 10.0 Å². The van der Waals surface area contributed by atoms with E-state index in [-0.39, 0.29) is 16.6 Å².